The van der Waals surface area contributed by atoms with Gasteiger partial charge in [-0.15, -0.1) is 0 Å². The lowest BCUT2D eigenvalue weighted by atomic mass is 10.2. The van der Waals surface area contributed by atoms with Crippen molar-refractivity contribution in [2.75, 3.05) is 33.4 Å². The van der Waals surface area contributed by atoms with Crippen LogP contribution in [0.2, 0.25) is 5.02 Å². The summed E-state index contributed by atoms with van der Waals surface area (Å²) >= 11 is 5.94. The van der Waals surface area contributed by atoms with Gasteiger partial charge in [0.25, 0.3) is 0 Å². The van der Waals surface area contributed by atoms with Crippen LogP contribution in [-0.4, -0.2) is 52.1 Å². The van der Waals surface area contributed by atoms with E-state index in [0.717, 1.165) is 19.4 Å². The molecule has 1 aliphatic heterocycles. The molecule has 1 fully saturated rings. The zero-order chi connectivity index (χ0) is 18.8. The molecule has 0 aliphatic carbocycles. The van der Waals surface area contributed by atoms with Crippen molar-refractivity contribution in [1.82, 2.24) is 10.6 Å². The van der Waals surface area contributed by atoms with Crippen molar-refractivity contribution in [1.29, 1.82) is 0 Å². The molecule has 1 aromatic carbocycles. The topological polar surface area (TPSA) is 64.1 Å². The van der Waals surface area contributed by atoms with Crippen LogP contribution in [0.5, 0.6) is 5.75 Å². The van der Waals surface area contributed by atoms with E-state index in [-0.39, 0.29) is 18.4 Å². The van der Waals surface area contributed by atoms with Gasteiger partial charge in [-0.2, -0.15) is 8.78 Å². The Morgan fingerprint density at radius 2 is 2.27 bits per heavy atom. The van der Waals surface area contributed by atoms with Gasteiger partial charge in [-0.3, -0.25) is 4.99 Å². The van der Waals surface area contributed by atoms with Gasteiger partial charge in [0.1, 0.15) is 5.75 Å². The van der Waals surface area contributed by atoms with Gasteiger partial charge < -0.3 is 24.8 Å². The first-order chi connectivity index (χ1) is 12.6. The summed E-state index contributed by atoms with van der Waals surface area (Å²) in [5, 5.41) is 6.64. The number of guanidine groups is 1. The number of benzene rings is 1. The predicted molar refractivity (Wildman–Crippen MR) is 96.1 cm³/mol. The Labute approximate surface area is 156 Å². The molecule has 146 valence electrons. The fourth-order valence-corrected chi connectivity index (χ4v) is 2.66. The highest BCUT2D eigenvalue weighted by molar-refractivity contribution is 6.30. The van der Waals surface area contributed by atoms with Gasteiger partial charge in [-0.1, -0.05) is 11.6 Å². The summed E-state index contributed by atoms with van der Waals surface area (Å²) in [7, 11) is 1.64. The van der Waals surface area contributed by atoms with E-state index in [4.69, 9.17) is 21.1 Å². The van der Waals surface area contributed by atoms with Crippen molar-refractivity contribution in [3.05, 3.63) is 28.8 Å². The quantitative estimate of drug-likeness (QED) is 0.385. The minimum absolute atomic E-state index is 0.0829. The fourth-order valence-electron chi connectivity index (χ4n) is 2.47. The van der Waals surface area contributed by atoms with Gasteiger partial charge in [-0.25, -0.2) is 0 Å². The van der Waals surface area contributed by atoms with Crippen LogP contribution in [0, 0.1) is 0 Å². The second-order valence-corrected chi connectivity index (χ2v) is 6.13. The molecule has 26 heavy (non-hydrogen) atoms. The molecule has 1 aliphatic rings. The van der Waals surface area contributed by atoms with Crippen molar-refractivity contribution in [2.24, 2.45) is 4.99 Å². The number of alkyl halides is 2. The maximum Gasteiger partial charge on any atom is 0.387 e. The van der Waals surface area contributed by atoms with Gasteiger partial charge in [0, 0.05) is 43.9 Å². The summed E-state index contributed by atoms with van der Waals surface area (Å²) in [6.45, 7) is 0.0947. The van der Waals surface area contributed by atoms with Crippen molar-refractivity contribution in [3.8, 4) is 5.75 Å². The maximum absolute atomic E-state index is 12.5. The Hall–Kier alpha value is -1.64. The number of ether oxygens (including phenoxy) is 3. The van der Waals surface area contributed by atoms with Crippen LogP contribution >= 0.6 is 11.6 Å². The smallest absolute Gasteiger partial charge is 0.387 e. The number of hydrogen-bond donors (Lipinski definition) is 2. The van der Waals surface area contributed by atoms with E-state index in [0.29, 0.717) is 36.3 Å². The van der Waals surface area contributed by atoms with E-state index in [1.807, 2.05) is 0 Å². The second kappa shape index (κ2) is 11.2. The van der Waals surface area contributed by atoms with Crippen LogP contribution in [-0.2, 0) is 16.0 Å². The third-order valence-electron chi connectivity index (χ3n) is 3.76. The molecule has 0 bridgehead atoms. The van der Waals surface area contributed by atoms with Crippen LogP contribution in [0.3, 0.4) is 0 Å². The molecular formula is C17H24ClF2N3O3. The van der Waals surface area contributed by atoms with E-state index in [1.165, 1.54) is 12.1 Å². The third-order valence-corrected chi connectivity index (χ3v) is 4.00. The number of nitrogens with zero attached hydrogens (tertiary/aromatic N) is 1. The maximum atomic E-state index is 12.5. The number of halogens is 3. The van der Waals surface area contributed by atoms with Crippen LogP contribution in [0.4, 0.5) is 8.78 Å². The Balaban J connectivity index is 1.73. The zero-order valence-electron chi connectivity index (χ0n) is 14.6. The molecule has 1 saturated heterocycles. The Bertz CT molecular complexity index is 584. The average Bonchev–Trinajstić information content (AvgIpc) is 3.12. The summed E-state index contributed by atoms with van der Waals surface area (Å²) < 4.78 is 40.4. The third kappa shape index (κ3) is 7.31. The highest BCUT2D eigenvalue weighted by atomic mass is 35.5. The van der Waals surface area contributed by atoms with E-state index >= 15 is 0 Å². The molecule has 9 heteroatoms. The number of nitrogens with one attached hydrogen (secondary N) is 2. The molecule has 1 heterocycles. The van der Waals surface area contributed by atoms with Crippen molar-refractivity contribution < 1.29 is 23.0 Å². The van der Waals surface area contributed by atoms with E-state index in [2.05, 4.69) is 20.4 Å². The van der Waals surface area contributed by atoms with Crippen LogP contribution in [0.1, 0.15) is 18.4 Å². The molecule has 1 unspecified atom stereocenters. The number of hydrogen-bond acceptors (Lipinski definition) is 4. The molecule has 2 rings (SSSR count). The first-order valence-corrected chi connectivity index (χ1v) is 8.83. The zero-order valence-corrected chi connectivity index (χ0v) is 15.4. The SMILES string of the molecule is CN=C(NCCCOC1CCOC1)NCc1cc(Cl)ccc1OC(F)F. The van der Waals surface area contributed by atoms with Crippen molar-refractivity contribution in [3.63, 3.8) is 0 Å². The molecule has 0 aromatic heterocycles. The average molecular weight is 392 g/mol. The lowest BCUT2D eigenvalue weighted by molar-refractivity contribution is -0.0504. The van der Waals surface area contributed by atoms with E-state index < -0.39 is 6.61 Å². The van der Waals surface area contributed by atoms with Crippen molar-refractivity contribution in [2.45, 2.75) is 32.1 Å². The summed E-state index contributed by atoms with van der Waals surface area (Å²) in [6, 6.07) is 4.51. The Morgan fingerprint density at radius 3 is 2.96 bits per heavy atom. The first kappa shape index (κ1) is 20.7. The molecule has 6 nitrogen and oxygen atoms in total. The molecule has 0 amide bonds. The molecule has 0 spiro atoms. The van der Waals surface area contributed by atoms with E-state index in [1.54, 1.807) is 13.1 Å². The van der Waals surface area contributed by atoms with Gasteiger partial charge in [0.05, 0.1) is 12.7 Å². The molecule has 0 radical (unpaired) electrons. The standard InChI is InChI=1S/C17H24ClF2N3O3/c1-21-17(22-6-2-7-25-14-5-8-24-11-14)23-10-12-9-13(18)3-4-15(12)26-16(19)20/h3-4,9,14,16H,2,5-8,10-11H2,1H3,(H2,21,22,23). The Morgan fingerprint density at radius 1 is 1.42 bits per heavy atom. The largest absolute Gasteiger partial charge is 0.434 e. The highest BCUT2D eigenvalue weighted by Gasteiger charge is 2.15. The lowest BCUT2D eigenvalue weighted by Crippen LogP contribution is -2.37. The number of aliphatic imine (C=N–C) groups is 1. The van der Waals surface area contributed by atoms with Crippen LogP contribution in [0.15, 0.2) is 23.2 Å². The molecule has 1 atom stereocenters. The minimum atomic E-state index is -2.89. The van der Waals surface area contributed by atoms with Gasteiger partial charge in [0.15, 0.2) is 5.96 Å². The summed E-state index contributed by atoms with van der Waals surface area (Å²) in [6.07, 6.45) is 1.96. The fraction of sp³-hybridized carbons (Fsp3) is 0.588. The molecule has 2 N–H and O–H groups in total. The number of rotatable bonds is 9. The highest BCUT2D eigenvalue weighted by Crippen LogP contribution is 2.24. The first-order valence-electron chi connectivity index (χ1n) is 8.45. The van der Waals surface area contributed by atoms with E-state index in [9.17, 15) is 8.78 Å². The normalized spacial score (nSPS) is 17.6. The molecular weight excluding hydrogens is 368 g/mol. The molecule has 0 saturated carbocycles. The van der Waals surface area contributed by atoms with Crippen LogP contribution in [0.25, 0.3) is 0 Å². The van der Waals surface area contributed by atoms with Crippen LogP contribution < -0.4 is 15.4 Å². The summed E-state index contributed by atoms with van der Waals surface area (Å²) in [5.74, 6) is 0.636. The van der Waals surface area contributed by atoms with Gasteiger partial charge in [-0.05, 0) is 31.0 Å². The molecule has 1 aromatic rings. The summed E-state index contributed by atoms with van der Waals surface area (Å²) in [5.41, 5.74) is 0.519. The minimum Gasteiger partial charge on any atom is -0.434 e. The van der Waals surface area contributed by atoms with Gasteiger partial charge >= 0.3 is 6.61 Å². The Kier molecular flexibility index (Phi) is 8.87. The van der Waals surface area contributed by atoms with Crippen molar-refractivity contribution >= 4 is 17.6 Å². The second-order valence-electron chi connectivity index (χ2n) is 5.69. The monoisotopic (exact) mass is 391 g/mol. The predicted octanol–water partition coefficient (Wildman–Crippen LogP) is 2.80. The van der Waals surface area contributed by atoms with Gasteiger partial charge in [0.2, 0.25) is 0 Å². The summed E-state index contributed by atoms with van der Waals surface area (Å²) in [4.78, 5) is 4.10. The lowest BCUT2D eigenvalue weighted by Gasteiger charge is -2.15.